The van der Waals surface area contributed by atoms with Crippen LogP contribution in [0.3, 0.4) is 0 Å². The van der Waals surface area contributed by atoms with E-state index in [-0.39, 0.29) is 5.92 Å². The number of carbonyl (C=O) groups excluding carboxylic acids is 1. The Morgan fingerprint density at radius 1 is 1.09 bits per heavy atom. The Bertz CT molecular complexity index is 1090. The second kappa shape index (κ2) is 9.28. The number of carbonyl (C=O) groups is 1. The number of methoxy groups -OCH3 is 1. The lowest BCUT2D eigenvalue weighted by Crippen LogP contribution is -2.44. The highest BCUT2D eigenvalue weighted by atomic mass is 32.1. The van der Waals surface area contributed by atoms with E-state index in [1.807, 2.05) is 18.2 Å². The Hall–Kier alpha value is -2.93. The number of anilines is 1. The highest BCUT2D eigenvalue weighted by Crippen LogP contribution is 2.28. The summed E-state index contributed by atoms with van der Waals surface area (Å²) in [5.41, 5.74) is 3.82. The molecule has 0 saturated carbocycles. The Labute approximate surface area is 193 Å². The van der Waals surface area contributed by atoms with Crippen LogP contribution in [0.1, 0.15) is 35.4 Å². The Morgan fingerprint density at radius 2 is 1.91 bits per heavy atom. The molecule has 0 aliphatic carbocycles. The number of piperidine rings is 1. The molecule has 1 aromatic heterocycles. The number of rotatable bonds is 5. The van der Waals surface area contributed by atoms with E-state index in [4.69, 9.17) is 9.72 Å². The van der Waals surface area contributed by atoms with E-state index in [0.717, 1.165) is 67.7 Å². The van der Waals surface area contributed by atoms with Crippen LogP contribution in [0.2, 0.25) is 0 Å². The summed E-state index contributed by atoms with van der Waals surface area (Å²) in [6.07, 6.45) is 3.41. The molecule has 1 saturated heterocycles. The molecule has 6 nitrogen and oxygen atoms in total. The lowest BCUT2D eigenvalue weighted by Gasteiger charge is -2.36. The number of nitrogens with zero attached hydrogens (tertiary/aromatic N) is 4. The van der Waals surface area contributed by atoms with Crippen LogP contribution in [0.4, 0.5) is 5.13 Å². The van der Waals surface area contributed by atoms with Gasteiger partial charge in [-0.1, -0.05) is 36.4 Å². The maximum Gasteiger partial charge on any atom is 0.226 e. The van der Waals surface area contributed by atoms with Gasteiger partial charge in [-0.25, -0.2) is 4.98 Å². The molecule has 0 atom stereocenters. The minimum absolute atomic E-state index is 0.112. The third-order valence-corrected chi connectivity index (χ3v) is 7.33. The van der Waals surface area contributed by atoms with Crippen molar-refractivity contribution in [2.24, 2.45) is 5.92 Å². The van der Waals surface area contributed by atoms with E-state index in [1.165, 1.54) is 22.7 Å². The number of benzene rings is 2. The van der Waals surface area contributed by atoms with Crippen molar-refractivity contribution in [3.05, 3.63) is 71.0 Å². The third-order valence-electron chi connectivity index (χ3n) is 6.51. The second-order valence-electron chi connectivity index (χ2n) is 8.56. The van der Waals surface area contributed by atoms with Crippen LogP contribution in [-0.2, 0) is 24.2 Å². The fraction of sp³-hybridized carbons (Fsp3) is 0.400. The summed E-state index contributed by atoms with van der Waals surface area (Å²) in [4.78, 5) is 22.2. The van der Waals surface area contributed by atoms with E-state index < -0.39 is 0 Å². The van der Waals surface area contributed by atoms with Crippen LogP contribution < -0.4 is 9.64 Å². The van der Waals surface area contributed by atoms with Gasteiger partial charge in [0.25, 0.3) is 0 Å². The molecule has 1 amide bonds. The molecule has 0 radical (unpaired) electrons. The molecule has 32 heavy (non-hydrogen) atoms. The highest BCUT2D eigenvalue weighted by Gasteiger charge is 2.31. The fourth-order valence-electron chi connectivity index (χ4n) is 4.67. The van der Waals surface area contributed by atoms with Crippen molar-refractivity contribution in [2.75, 3.05) is 31.6 Å². The number of amides is 1. The molecule has 1 fully saturated rings. The fourth-order valence-corrected chi connectivity index (χ4v) is 5.41. The summed E-state index contributed by atoms with van der Waals surface area (Å²) < 4.78 is 9.87. The number of ether oxygens (including phenoxy) is 1. The van der Waals surface area contributed by atoms with Gasteiger partial charge in [-0.05, 0) is 48.1 Å². The van der Waals surface area contributed by atoms with E-state index >= 15 is 0 Å². The number of fused-ring (bicyclic) bond motifs is 1. The van der Waals surface area contributed by atoms with Gasteiger partial charge in [0, 0.05) is 50.1 Å². The maximum absolute atomic E-state index is 13.1. The molecular weight excluding hydrogens is 420 g/mol. The van der Waals surface area contributed by atoms with E-state index in [2.05, 4.69) is 44.5 Å². The SMILES string of the molecule is COc1cccc(Cc2nsc(N3CCC(C(=O)N4CCc5ccccc5C4)CC3)n2)c1. The van der Waals surface area contributed by atoms with Crippen molar-refractivity contribution in [1.29, 1.82) is 0 Å². The molecule has 7 heteroatoms. The van der Waals surface area contributed by atoms with Gasteiger partial charge in [0.05, 0.1) is 7.11 Å². The predicted octanol–water partition coefficient (Wildman–Crippen LogP) is 3.94. The summed E-state index contributed by atoms with van der Waals surface area (Å²) in [6.45, 7) is 3.29. The average Bonchev–Trinajstić information content (AvgIpc) is 3.32. The summed E-state index contributed by atoms with van der Waals surface area (Å²) in [6, 6.07) is 16.5. The summed E-state index contributed by atoms with van der Waals surface area (Å²) in [7, 11) is 1.68. The summed E-state index contributed by atoms with van der Waals surface area (Å²) >= 11 is 1.45. The third kappa shape index (κ3) is 4.48. The first kappa shape index (κ1) is 20.9. The van der Waals surface area contributed by atoms with Crippen molar-refractivity contribution in [3.63, 3.8) is 0 Å². The van der Waals surface area contributed by atoms with Gasteiger partial charge in [-0.15, -0.1) is 0 Å². The van der Waals surface area contributed by atoms with Crippen molar-refractivity contribution in [3.8, 4) is 5.75 Å². The van der Waals surface area contributed by atoms with Crippen LogP contribution in [0.15, 0.2) is 48.5 Å². The van der Waals surface area contributed by atoms with Crippen molar-refractivity contribution >= 4 is 22.6 Å². The first-order valence-electron chi connectivity index (χ1n) is 11.3. The normalized spacial score (nSPS) is 16.7. The molecule has 2 aromatic carbocycles. The zero-order valence-electron chi connectivity index (χ0n) is 18.4. The topological polar surface area (TPSA) is 58.6 Å². The minimum Gasteiger partial charge on any atom is -0.497 e. The molecular formula is C25H28N4O2S. The van der Waals surface area contributed by atoms with Gasteiger partial charge in [-0.3, -0.25) is 4.79 Å². The first-order chi connectivity index (χ1) is 15.7. The molecule has 0 spiro atoms. The van der Waals surface area contributed by atoms with Crippen molar-refractivity contribution < 1.29 is 9.53 Å². The maximum atomic E-state index is 13.1. The quantitative estimate of drug-likeness (QED) is 0.592. The second-order valence-corrected chi connectivity index (χ2v) is 9.29. The monoisotopic (exact) mass is 448 g/mol. The highest BCUT2D eigenvalue weighted by molar-refractivity contribution is 7.09. The molecule has 2 aliphatic heterocycles. The molecule has 0 bridgehead atoms. The van der Waals surface area contributed by atoms with E-state index in [9.17, 15) is 4.79 Å². The average molecular weight is 449 g/mol. The van der Waals surface area contributed by atoms with Crippen LogP contribution in [0, 0.1) is 5.92 Å². The van der Waals surface area contributed by atoms with Crippen molar-refractivity contribution in [2.45, 2.75) is 32.2 Å². The van der Waals surface area contributed by atoms with E-state index in [1.54, 1.807) is 7.11 Å². The smallest absolute Gasteiger partial charge is 0.226 e. The van der Waals surface area contributed by atoms with Gasteiger partial charge in [0.2, 0.25) is 11.0 Å². The molecule has 5 rings (SSSR count). The van der Waals surface area contributed by atoms with Crippen LogP contribution in [-0.4, -0.2) is 46.9 Å². The predicted molar refractivity (Wildman–Crippen MR) is 126 cm³/mol. The summed E-state index contributed by atoms with van der Waals surface area (Å²) in [5, 5.41) is 0.959. The van der Waals surface area contributed by atoms with Gasteiger partial charge in [-0.2, -0.15) is 4.37 Å². The standard InChI is InChI=1S/C25H28N4O2S/c1-31-22-8-4-5-18(15-22)16-23-26-25(32-27-23)28-12-10-20(11-13-28)24(30)29-14-9-19-6-2-3-7-21(19)17-29/h2-8,15,20H,9-14,16-17H2,1H3. The molecule has 3 heterocycles. The zero-order chi connectivity index (χ0) is 21.9. The van der Waals surface area contributed by atoms with Crippen molar-refractivity contribution in [1.82, 2.24) is 14.3 Å². The van der Waals surface area contributed by atoms with E-state index in [0.29, 0.717) is 12.3 Å². The number of hydrogen-bond acceptors (Lipinski definition) is 6. The minimum atomic E-state index is 0.112. The molecule has 166 valence electrons. The van der Waals surface area contributed by atoms with Crippen LogP contribution in [0.25, 0.3) is 0 Å². The Kier molecular flexibility index (Phi) is 6.08. The van der Waals surface area contributed by atoms with Crippen LogP contribution >= 0.6 is 11.5 Å². The van der Waals surface area contributed by atoms with Gasteiger partial charge in [0.15, 0.2) is 0 Å². The zero-order valence-corrected chi connectivity index (χ0v) is 19.2. The lowest BCUT2D eigenvalue weighted by atomic mass is 9.93. The molecule has 2 aliphatic rings. The molecule has 0 unspecified atom stereocenters. The van der Waals surface area contributed by atoms with Crippen LogP contribution in [0.5, 0.6) is 5.75 Å². The molecule has 0 N–H and O–H groups in total. The largest absolute Gasteiger partial charge is 0.497 e. The molecule has 3 aromatic rings. The Morgan fingerprint density at radius 3 is 2.72 bits per heavy atom. The van der Waals surface area contributed by atoms with Gasteiger partial charge in [0.1, 0.15) is 11.6 Å². The first-order valence-corrected chi connectivity index (χ1v) is 12.0. The number of hydrogen-bond donors (Lipinski definition) is 0. The lowest BCUT2D eigenvalue weighted by molar-refractivity contribution is -0.137. The summed E-state index contributed by atoms with van der Waals surface area (Å²) in [5.74, 6) is 2.11. The number of aromatic nitrogens is 2. The Balaban J connectivity index is 1.16. The van der Waals surface area contributed by atoms with Gasteiger partial charge < -0.3 is 14.5 Å². The van der Waals surface area contributed by atoms with Gasteiger partial charge >= 0.3 is 0 Å².